The fourth-order valence-electron chi connectivity index (χ4n) is 2.31. The Hall–Kier alpha value is -2.01. The van der Waals surface area contributed by atoms with Crippen molar-refractivity contribution in [2.45, 2.75) is 27.3 Å². The van der Waals surface area contributed by atoms with E-state index in [0.717, 1.165) is 16.7 Å². The lowest BCUT2D eigenvalue weighted by molar-refractivity contribution is -0.130. The molecule has 0 fully saturated rings. The van der Waals surface area contributed by atoms with Gasteiger partial charge in [-0.1, -0.05) is 6.07 Å². The first kappa shape index (κ1) is 14.4. The van der Waals surface area contributed by atoms with E-state index in [1.165, 1.54) is 0 Å². The highest BCUT2D eigenvalue weighted by molar-refractivity contribution is 5.87. The Labute approximate surface area is 118 Å². The van der Waals surface area contributed by atoms with Crippen molar-refractivity contribution < 1.29 is 9.53 Å². The van der Waals surface area contributed by atoms with Gasteiger partial charge in [-0.15, -0.1) is 0 Å². The van der Waals surface area contributed by atoms with Gasteiger partial charge in [0, 0.05) is 18.1 Å². The number of ether oxygens (including phenoxy) is 1. The number of nitrogens with one attached hydrogen (secondary N) is 1. The molecule has 0 aliphatic rings. The molecule has 5 nitrogen and oxygen atoms in total. The number of hydrogen-bond donors (Lipinski definition) is 2. The second-order valence-corrected chi connectivity index (χ2v) is 5.42. The van der Waals surface area contributed by atoms with Crippen molar-refractivity contribution in [2.75, 3.05) is 6.61 Å². The number of carbonyl (C=O) groups is 1. The van der Waals surface area contributed by atoms with Gasteiger partial charge in [0.25, 0.3) is 0 Å². The van der Waals surface area contributed by atoms with Crippen LogP contribution in [0.1, 0.15) is 20.8 Å². The maximum atomic E-state index is 11.8. The zero-order valence-corrected chi connectivity index (χ0v) is 12.1. The van der Waals surface area contributed by atoms with E-state index in [1.54, 1.807) is 0 Å². The van der Waals surface area contributed by atoms with Crippen LogP contribution in [0, 0.1) is 5.41 Å². The number of nitrogens with two attached hydrogens (primary N) is 1. The highest BCUT2D eigenvalue weighted by Crippen LogP contribution is 2.29. The summed E-state index contributed by atoms with van der Waals surface area (Å²) in [6.45, 7) is 6.88. The third-order valence-corrected chi connectivity index (χ3v) is 3.38. The molecule has 0 aliphatic carbocycles. The van der Waals surface area contributed by atoms with E-state index in [0.29, 0.717) is 13.2 Å². The minimum atomic E-state index is -0.581. The second kappa shape index (κ2) is 5.54. The van der Waals surface area contributed by atoms with E-state index in [-0.39, 0.29) is 5.91 Å². The second-order valence-electron chi connectivity index (χ2n) is 5.42. The lowest BCUT2D eigenvalue weighted by Gasteiger charge is -2.23. The lowest BCUT2D eigenvalue weighted by atomic mass is 9.92. The molecule has 0 bridgehead atoms. The fraction of sp³-hybridized carbons (Fsp3) is 0.400. The normalized spacial score (nSPS) is 11.6. The Bertz CT molecular complexity index is 617. The third kappa shape index (κ3) is 2.63. The van der Waals surface area contributed by atoms with Crippen LogP contribution in [-0.4, -0.2) is 17.1 Å². The van der Waals surface area contributed by atoms with Crippen molar-refractivity contribution in [3.8, 4) is 5.75 Å². The average Bonchev–Trinajstić information content (AvgIpc) is 2.82. The van der Waals surface area contributed by atoms with Crippen molar-refractivity contribution >= 4 is 16.8 Å². The first-order chi connectivity index (χ1) is 9.49. The molecule has 108 valence electrons. The zero-order valence-electron chi connectivity index (χ0n) is 12.1. The summed E-state index contributed by atoms with van der Waals surface area (Å²) in [5.41, 5.74) is 2.69. The van der Waals surface area contributed by atoms with Gasteiger partial charge in [0.2, 0.25) is 5.91 Å². The molecule has 20 heavy (non-hydrogen) atoms. The maximum Gasteiger partial charge on any atom is 0.241 e. The Kier molecular flexibility index (Phi) is 3.99. The number of benzene rings is 1. The summed E-state index contributed by atoms with van der Waals surface area (Å²) in [6.07, 6.45) is 1.97. The van der Waals surface area contributed by atoms with Crippen LogP contribution in [-0.2, 0) is 11.3 Å². The first-order valence-electron chi connectivity index (χ1n) is 6.71. The monoisotopic (exact) mass is 275 g/mol. The molecular formula is C15H21N3O2. The van der Waals surface area contributed by atoms with Gasteiger partial charge in [0.05, 0.1) is 17.5 Å². The topological polar surface area (TPSA) is 69.3 Å². The van der Waals surface area contributed by atoms with Crippen LogP contribution in [0.3, 0.4) is 0 Å². The number of rotatable bonds is 5. The minimum Gasteiger partial charge on any atom is -0.493 e. The third-order valence-electron chi connectivity index (χ3n) is 3.38. The highest BCUT2D eigenvalue weighted by Gasteiger charge is 2.28. The predicted octanol–water partition coefficient (Wildman–Crippen LogP) is 2.06. The molecule has 0 atom stereocenters. The van der Waals surface area contributed by atoms with Crippen LogP contribution in [0.25, 0.3) is 10.9 Å². The van der Waals surface area contributed by atoms with Crippen molar-refractivity contribution in [3.05, 3.63) is 30.5 Å². The molecule has 2 aromatic rings. The number of hydrazine groups is 1. The van der Waals surface area contributed by atoms with Gasteiger partial charge in [-0.2, -0.15) is 0 Å². The molecule has 0 aliphatic heterocycles. The predicted molar refractivity (Wildman–Crippen MR) is 79.2 cm³/mol. The summed E-state index contributed by atoms with van der Waals surface area (Å²) < 4.78 is 7.67. The molecule has 1 amide bonds. The van der Waals surface area contributed by atoms with Crippen molar-refractivity contribution in [2.24, 2.45) is 11.3 Å². The van der Waals surface area contributed by atoms with Gasteiger partial charge in [0.1, 0.15) is 5.75 Å². The smallest absolute Gasteiger partial charge is 0.241 e. The molecular weight excluding hydrogens is 254 g/mol. The van der Waals surface area contributed by atoms with Crippen LogP contribution in [0.15, 0.2) is 30.5 Å². The van der Waals surface area contributed by atoms with E-state index in [2.05, 4.69) is 5.43 Å². The van der Waals surface area contributed by atoms with Crippen molar-refractivity contribution in [1.82, 2.24) is 9.99 Å². The number of fused-ring (bicyclic) bond motifs is 1. The minimum absolute atomic E-state index is 0.180. The summed E-state index contributed by atoms with van der Waals surface area (Å²) >= 11 is 0. The molecule has 0 saturated carbocycles. The van der Waals surface area contributed by atoms with Crippen molar-refractivity contribution in [1.29, 1.82) is 0 Å². The van der Waals surface area contributed by atoms with Crippen LogP contribution in [0.2, 0.25) is 0 Å². The van der Waals surface area contributed by atoms with Crippen LogP contribution >= 0.6 is 0 Å². The average molecular weight is 275 g/mol. The summed E-state index contributed by atoms with van der Waals surface area (Å²) in [7, 11) is 0. The Morgan fingerprint density at radius 1 is 1.40 bits per heavy atom. The summed E-state index contributed by atoms with van der Waals surface area (Å²) in [6, 6.07) is 7.94. The van der Waals surface area contributed by atoms with E-state index < -0.39 is 5.41 Å². The number of amides is 1. The lowest BCUT2D eigenvalue weighted by Crippen LogP contribution is -2.43. The van der Waals surface area contributed by atoms with Crippen LogP contribution in [0.4, 0.5) is 0 Å². The van der Waals surface area contributed by atoms with Gasteiger partial charge in [0.15, 0.2) is 0 Å². The number of nitrogens with zero attached hydrogens (tertiary/aromatic N) is 1. The van der Waals surface area contributed by atoms with Gasteiger partial charge in [-0.3, -0.25) is 10.2 Å². The Morgan fingerprint density at radius 3 is 2.80 bits per heavy atom. The molecule has 0 spiro atoms. The molecule has 0 saturated heterocycles. The van der Waals surface area contributed by atoms with E-state index >= 15 is 0 Å². The molecule has 5 heteroatoms. The van der Waals surface area contributed by atoms with Gasteiger partial charge in [-0.25, -0.2) is 5.84 Å². The molecule has 1 heterocycles. The van der Waals surface area contributed by atoms with Crippen molar-refractivity contribution in [3.63, 3.8) is 0 Å². The summed E-state index contributed by atoms with van der Waals surface area (Å²) in [4.78, 5) is 11.8. The first-order valence-corrected chi connectivity index (χ1v) is 6.71. The van der Waals surface area contributed by atoms with Gasteiger partial charge in [-0.05, 0) is 39.0 Å². The van der Waals surface area contributed by atoms with Crippen LogP contribution in [0.5, 0.6) is 5.75 Å². The molecule has 1 aromatic heterocycles. The molecule has 1 aromatic carbocycles. The summed E-state index contributed by atoms with van der Waals surface area (Å²) in [5, 5.41) is 1.05. The van der Waals surface area contributed by atoms with Gasteiger partial charge >= 0.3 is 0 Å². The fourth-order valence-corrected chi connectivity index (χ4v) is 2.31. The van der Waals surface area contributed by atoms with E-state index in [9.17, 15) is 4.79 Å². The van der Waals surface area contributed by atoms with Crippen LogP contribution < -0.4 is 16.0 Å². The Balaban J connectivity index is 2.37. The molecule has 0 radical (unpaired) electrons. The number of hydrogen-bond acceptors (Lipinski definition) is 3. The largest absolute Gasteiger partial charge is 0.493 e. The summed E-state index contributed by atoms with van der Waals surface area (Å²) in [5.74, 6) is 5.92. The van der Waals surface area contributed by atoms with Gasteiger partial charge < -0.3 is 9.30 Å². The molecule has 3 N–H and O–H groups in total. The Morgan fingerprint density at radius 2 is 2.15 bits per heavy atom. The number of carbonyl (C=O) groups excluding carboxylic acids is 1. The maximum absolute atomic E-state index is 11.8. The quantitative estimate of drug-likeness (QED) is 0.498. The zero-order chi connectivity index (χ0) is 14.8. The molecule has 2 rings (SSSR count). The number of aromatic nitrogens is 1. The molecule has 0 unspecified atom stereocenters. The highest BCUT2D eigenvalue weighted by atomic mass is 16.5. The SMILES string of the molecule is CCOc1cccc2c1ccn2CC(C)(C)C(=O)NN. The standard InChI is InChI=1S/C15H21N3O2/c1-4-20-13-7-5-6-12-11(13)8-9-18(12)10-15(2,3)14(19)17-16/h5-9H,4,10,16H2,1-3H3,(H,17,19). The van der Waals surface area contributed by atoms with E-state index in [1.807, 2.05) is 55.8 Å². The van der Waals surface area contributed by atoms with E-state index in [4.69, 9.17) is 10.6 Å².